The fraction of sp³-hybridized carbons (Fsp3) is 0.238. The number of nitrogens with one attached hydrogen (secondary N) is 1. The molecule has 1 aliphatic heterocycles. The third kappa shape index (κ3) is 4.51. The number of carbonyl (C=O) groups is 3. The third-order valence-electron chi connectivity index (χ3n) is 4.02. The van der Waals surface area contributed by atoms with E-state index < -0.39 is 17.8 Å². The van der Waals surface area contributed by atoms with Gasteiger partial charge in [-0.3, -0.25) is 19.9 Å². The van der Waals surface area contributed by atoms with E-state index in [1.54, 1.807) is 12.1 Å². The first-order valence-electron chi connectivity index (χ1n) is 9.26. The van der Waals surface area contributed by atoms with Crippen molar-refractivity contribution in [3.8, 4) is 11.5 Å². The molecule has 0 unspecified atom stereocenters. The molecule has 3 rings (SSSR count). The van der Waals surface area contributed by atoms with E-state index in [4.69, 9.17) is 9.47 Å². The summed E-state index contributed by atoms with van der Waals surface area (Å²) in [5.41, 5.74) is 0.657. The van der Waals surface area contributed by atoms with E-state index in [1.807, 2.05) is 20.8 Å². The van der Waals surface area contributed by atoms with Crippen molar-refractivity contribution in [2.45, 2.75) is 26.9 Å². The number of ether oxygens (including phenoxy) is 2. The van der Waals surface area contributed by atoms with Crippen LogP contribution in [0, 0.1) is 0 Å². The zero-order valence-corrected chi connectivity index (χ0v) is 18.2. The van der Waals surface area contributed by atoms with Crippen LogP contribution >= 0.6 is 15.9 Å². The molecule has 9 heteroatoms. The Morgan fingerprint density at radius 1 is 1.20 bits per heavy atom. The standard InChI is InChI=1S/C21H20BrN3O5/c1-4-29-17-11-13(10-16(22)18(17)30-12(2)3)9-15-19(26)24-21(28)25(20(15)27)14-5-7-23-8-6-14/h5-12H,4H2,1-3H3,(H,24,26,28)/b15-9+. The number of pyridine rings is 1. The molecule has 8 nitrogen and oxygen atoms in total. The number of anilines is 1. The fourth-order valence-electron chi connectivity index (χ4n) is 2.84. The van der Waals surface area contributed by atoms with Gasteiger partial charge in [-0.15, -0.1) is 0 Å². The van der Waals surface area contributed by atoms with E-state index in [0.717, 1.165) is 4.90 Å². The van der Waals surface area contributed by atoms with Crippen LogP contribution in [0.1, 0.15) is 26.3 Å². The van der Waals surface area contributed by atoms with Gasteiger partial charge in [0.05, 0.1) is 22.9 Å². The molecule has 1 N–H and O–H groups in total. The van der Waals surface area contributed by atoms with E-state index in [-0.39, 0.29) is 11.7 Å². The molecule has 0 spiro atoms. The van der Waals surface area contributed by atoms with Crippen molar-refractivity contribution in [2.75, 3.05) is 11.5 Å². The SMILES string of the molecule is CCOc1cc(/C=C2\C(=O)NC(=O)N(c3ccncc3)C2=O)cc(Br)c1OC(C)C. The molecule has 156 valence electrons. The Hall–Kier alpha value is -3.20. The minimum absolute atomic E-state index is 0.0738. The summed E-state index contributed by atoms with van der Waals surface area (Å²) in [6.07, 6.45) is 4.24. The van der Waals surface area contributed by atoms with Gasteiger partial charge < -0.3 is 9.47 Å². The Labute approximate surface area is 182 Å². The van der Waals surface area contributed by atoms with Gasteiger partial charge in [0, 0.05) is 12.4 Å². The molecule has 0 bridgehead atoms. The summed E-state index contributed by atoms with van der Waals surface area (Å²) in [7, 11) is 0. The molecule has 0 radical (unpaired) electrons. The molecular formula is C21H20BrN3O5. The van der Waals surface area contributed by atoms with Gasteiger partial charge in [0.15, 0.2) is 11.5 Å². The molecule has 30 heavy (non-hydrogen) atoms. The summed E-state index contributed by atoms with van der Waals surface area (Å²) in [6, 6.07) is 5.58. The van der Waals surface area contributed by atoms with Crippen LogP contribution in [-0.2, 0) is 9.59 Å². The first kappa shape index (κ1) is 21.5. The van der Waals surface area contributed by atoms with Crippen LogP contribution in [0.25, 0.3) is 6.08 Å². The predicted octanol–water partition coefficient (Wildman–Crippen LogP) is 3.70. The summed E-state index contributed by atoms with van der Waals surface area (Å²) in [5.74, 6) is -0.501. The number of benzene rings is 1. The monoisotopic (exact) mass is 473 g/mol. The Morgan fingerprint density at radius 3 is 2.53 bits per heavy atom. The molecular weight excluding hydrogens is 454 g/mol. The van der Waals surface area contributed by atoms with Crippen LogP contribution in [0.2, 0.25) is 0 Å². The second-order valence-corrected chi connectivity index (χ2v) is 7.45. The number of nitrogens with zero attached hydrogens (tertiary/aromatic N) is 2. The molecule has 2 aromatic rings. The fourth-order valence-corrected chi connectivity index (χ4v) is 3.39. The van der Waals surface area contributed by atoms with Crippen molar-refractivity contribution in [1.82, 2.24) is 10.3 Å². The molecule has 2 heterocycles. The molecule has 1 saturated heterocycles. The maximum absolute atomic E-state index is 12.9. The number of halogens is 1. The lowest BCUT2D eigenvalue weighted by atomic mass is 10.1. The lowest BCUT2D eigenvalue weighted by Gasteiger charge is -2.26. The number of hydrogen-bond acceptors (Lipinski definition) is 6. The van der Waals surface area contributed by atoms with Crippen molar-refractivity contribution in [3.05, 3.63) is 52.3 Å². The highest BCUT2D eigenvalue weighted by atomic mass is 79.9. The van der Waals surface area contributed by atoms with E-state index in [0.29, 0.717) is 33.8 Å². The van der Waals surface area contributed by atoms with Gasteiger partial charge in [0.2, 0.25) is 0 Å². The topological polar surface area (TPSA) is 97.8 Å². The molecule has 0 saturated carbocycles. The summed E-state index contributed by atoms with van der Waals surface area (Å²) in [5, 5.41) is 2.19. The van der Waals surface area contributed by atoms with Gasteiger partial charge in [0.25, 0.3) is 11.8 Å². The van der Waals surface area contributed by atoms with E-state index in [9.17, 15) is 14.4 Å². The van der Waals surface area contributed by atoms with Crippen molar-refractivity contribution in [3.63, 3.8) is 0 Å². The Kier molecular flexibility index (Phi) is 6.51. The largest absolute Gasteiger partial charge is 0.490 e. The molecule has 0 atom stereocenters. The average Bonchev–Trinajstić information content (AvgIpc) is 2.68. The molecule has 4 amide bonds. The molecule has 1 aliphatic rings. The van der Waals surface area contributed by atoms with Crippen LogP contribution in [0.4, 0.5) is 10.5 Å². The average molecular weight is 474 g/mol. The second kappa shape index (κ2) is 9.08. The number of barbiturate groups is 1. The van der Waals surface area contributed by atoms with Crippen molar-refractivity contribution < 1.29 is 23.9 Å². The highest BCUT2D eigenvalue weighted by Gasteiger charge is 2.36. The third-order valence-corrected chi connectivity index (χ3v) is 4.61. The van der Waals surface area contributed by atoms with Crippen molar-refractivity contribution in [2.24, 2.45) is 0 Å². The van der Waals surface area contributed by atoms with Crippen LogP contribution in [-0.4, -0.2) is 35.5 Å². The zero-order chi connectivity index (χ0) is 21.8. The second-order valence-electron chi connectivity index (χ2n) is 6.59. The highest BCUT2D eigenvalue weighted by molar-refractivity contribution is 9.10. The number of urea groups is 1. The first-order chi connectivity index (χ1) is 14.3. The van der Waals surface area contributed by atoms with Gasteiger partial charge in [-0.25, -0.2) is 9.69 Å². The van der Waals surface area contributed by atoms with Gasteiger partial charge in [-0.2, -0.15) is 0 Å². The number of rotatable bonds is 6. The minimum Gasteiger partial charge on any atom is -0.490 e. The van der Waals surface area contributed by atoms with Gasteiger partial charge in [-0.1, -0.05) is 0 Å². The number of hydrogen-bond donors (Lipinski definition) is 1. The van der Waals surface area contributed by atoms with Crippen LogP contribution in [0.5, 0.6) is 11.5 Å². The van der Waals surface area contributed by atoms with Crippen LogP contribution < -0.4 is 19.7 Å². The first-order valence-corrected chi connectivity index (χ1v) is 10.1. The van der Waals surface area contributed by atoms with Gasteiger partial charge >= 0.3 is 6.03 Å². The lowest BCUT2D eigenvalue weighted by Crippen LogP contribution is -2.54. The summed E-state index contributed by atoms with van der Waals surface area (Å²) < 4.78 is 12.1. The Morgan fingerprint density at radius 2 is 1.90 bits per heavy atom. The normalized spacial score (nSPS) is 15.6. The summed E-state index contributed by atoms with van der Waals surface area (Å²) in [6.45, 7) is 6.04. The molecule has 0 aliphatic carbocycles. The van der Waals surface area contributed by atoms with E-state index >= 15 is 0 Å². The smallest absolute Gasteiger partial charge is 0.335 e. The quantitative estimate of drug-likeness (QED) is 0.507. The predicted molar refractivity (Wildman–Crippen MR) is 114 cm³/mol. The Bertz CT molecular complexity index is 1020. The van der Waals surface area contributed by atoms with Crippen molar-refractivity contribution in [1.29, 1.82) is 0 Å². The number of imide groups is 2. The Balaban J connectivity index is 2.03. The number of amides is 4. The maximum atomic E-state index is 12.9. The van der Waals surface area contributed by atoms with E-state index in [1.165, 1.54) is 30.6 Å². The molecule has 1 aromatic carbocycles. The van der Waals surface area contributed by atoms with Crippen molar-refractivity contribution >= 4 is 45.5 Å². The lowest BCUT2D eigenvalue weighted by molar-refractivity contribution is -0.122. The molecule has 1 aromatic heterocycles. The van der Waals surface area contributed by atoms with Crippen LogP contribution in [0.3, 0.4) is 0 Å². The van der Waals surface area contributed by atoms with Gasteiger partial charge in [-0.05, 0) is 72.6 Å². The zero-order valence-electron chi connectivity index (χ0n) is 16.6. The van der Waals surface area contributed by atoms with Crippen LogP contribution in [0.15, 0.2) is 46.7 Å². The number of carbonyl (C=O) groups excluding carboxylic acids is 3. The van der Waals surface area contributed by atoms with E-state index in [2.05, 4.69) is 26.2 Å². The summed E-state index contributed by atoms with van der Waals surface area (Å²) in [4.78, 5) is 42.3. The molecule has 1 fully saturated rings. The highest BCUT2D eigenvalue weighted by Crippen LogP contribution is 2.38. The maximum Gasteiger partial charge on any atom is 0.335 e. The van der Waals surface area contributed by atoms with Gasteiger partial charge in [0.1, 0.15) is 5.57 Å². The summed E-state index contributed by atoms with van der Waals surface area (Å²) >= 11 is 3.46. The number of aromatic nitrogens is 1. The minimum atomic E-state index is -0.815.